The molecule has 9 nitrogen and oxygen atoms in total. The second kappa shape index (κ2) is 6.11. The van der Waals surface area contributed by atoms with Crippen LogP contribution in [0.3, 0.4) is 0 Å². The van der Waals surface area contributed by atoms with Gasteiger partial charge in [-0.2, -0.15) is 4.98 Å². The van der Waals surface area contributed by atoms with Crippen molar-refractivity contribution >= 4 is 11.8 Å². The summed E-state index contributed by atoms with van der Waals surface area (Å²) in [5, 5.41) is 16.4. The van der Waals surface area contributed by atoms with Gasteiger partial charge in [-0.3, -0.25) is 0 Å². The van der Waals surface area contributed by atoms with Crippen molar-refractivity contribution in [3.05, 3.63) is 24.1 Å². The molecule has 0 atom stereocenters. The molecule has 24 heavy (non-hydrogen) atoms. The minimum Gasteiger partial charge on any atom is -0.454 e. The third-order valence-corrected chi connectivity index (χ3v) is 4.29. The second-order valence-electron chi connectivity index (χ2n) is 5.37. The van der Waals surface area contributed by atoms with E-state index in [0.717, 1.165) is 11.3 Å². The van der Waals surface area contributed by atoms with Gasteiger partial charge in [-0.25, -0.2) is 4.68 Å². The number of nitrogens with zero attached hydrogens (tertiary/aromatic N) is 6. The Balaban J connectivity index is 1.48. The molecule has 0 bridgehead atoms. The number of hydrogen-bond donors (Lipinski definition) is 0. The fourth-order valence-corrected chi connectivity index (χ4v) is 3.04. The number of ether oxygens (including phenoxy) is 2. The van der Waals surface area contributed by atoms with Crippen molar-refractivity contribution in [1.82, 2.24) is 30.3 Å². The van der Waals surface area contributed by atoms with Crippen molar-refractivity contribution in [3.8, 4) is 22.9 Å². The highest BCUT2D eigenvalue weighted by Crippen LogP contribution is 2.35. The van der Waals surface area contributed by atoms with Gasteiger partial charge < -0.3 is 14.0 Å². The van der Waals surface area contributed by atoms with E-state index >= 15 is 0 Å². The average Bonchev–Trinajstić information content (AvgIpc) is 3.31. The third-order valence-electron chi connectivity index (χ3n) is 3.38. The number of benzene rings is 1. The Labute approximate surface area is 141 Å². The highest BCUT2D eigenvalue weighted by atomic mass is 32.2. The predicted molar refractivity (Wildman–Crippen MR) is 83.6 cm³/mol. The van der Waals surface area contributed by atoms with Crippen LogP contribution in [0.1, 0.15) is 25.8 Å². The van der Waals surface area contributed by atoms with E-state index in [2.05, 4.69) is 25.7 Å². The van der Waals surface area contributed by atoms with Gasteiger partial charge >= 0.3 is 0 Å². The van der Waals surface area contributed by atoms with E-state index in [1.807, 2.05) is 32.0 Å². The van der Waals surface area contributed by atoms with Crippen LogP contribution >= 0.6 is 11.8 Å². The largest absolute Gasteiger partial charge is 0.454 e. The van der Waals surface area contributed by atoms with Gasteiger partial charge in [0.25, 0.3) is 0 Å². The fraction of sp³-hybridized carbons (Fsp3) is 0.357. The summed E-state index contributed by atoms with van der Waals surface area (Å²) in [5.41, 5.74) is 0.811. The SMILES string of the molecule is CC(C)n1nnnc1SCc1nc(-c2ccc3c(c2)OCO3)no1. The van der Waals surface area contributed by atoms with Gasteiger partial charge in [0, 0.05) is 5.56 Å². The maximum absolute atomic E-state index is 5.36. The number of aromatic nitrogens is 6. The molecule has 124 valence electrons. The molecule has 1 aromatic carbocycles. The van der Waals surface area contributed by atoms with Crippen LogP contribution < -0.4 is 9.47 Å². The number of rotatable bonds is 5. The monoisotopic (exact) mass is 346 g/mol. The van der Waals surface area contributed by atoms with Crippen molar-refractivity contribution in [2.45, 2.75) is 30.8 Å². The lowest BCUT2D eigenvalue weighted by Gasteiger charge is -2.05. The molecule has 0 N–H and O–H groups in total. The first-order valence-corrected chi connectivity index (χ1v) is 8.32. The van der Waals surface area contributed by atoms with Crippen LogP contribution in [0.5, 0.6) is 11.5 Å². The maximum atomic E-state index is 5.36. The average molecular weight is 346 g/mol. The molecule has 4 rings (SSSR count). The van der Waals surface area contributed by atoms with Gasteiger partial charge in [-0.05, 0) is 42.5 Å². The van der Waals surface area contributed by atoms with Gasteiger partial charge in [0.1, 0.15) is 0 Å². The van der Waals surface area contributed by atoms with E-state index in [9.17, 15) is 0 Å². The number of thioether (sulfide) groups is 1. The first-order valence-electron chi connectivity index (χ1n) is 7.34. The quantitative estimate of drug-likeness (QED) is 0.644. The molecular formula is C14H14N6O3S. The molecule has 3 heterocycles. The van der Waals surface area contributed by atoms with Gasteiger partial charge in [0.2, 0.25) is 23.7 Å². The number of fused-ring (bicyclic) bond motifs is 1. The van der Waals surface area contributed by atoms with E-state index in [-0.39, 0.29) is 12.8 Å². The minimum absolute atomic E-state index is 0.189. The lowest BCUT2D eigenvalue weighted by molar-refractivity contribution is 0.174. The lowest BCUT2D eigenvalue weighted by atomic mass is 10.2. The summed E-state index contributed by atoms with van der Waals surface area (Å²) < 4.78 is 17.7. The second-order valence-corrected chi connectivity index (χ2v) is 6.31. The topological polar surface area (TPSA) is 101 Å². The normalized spacial score (nSPS) is 13.0. The van der Waals surface area contributed by atoms with Crippen molar-refractivity contribution in [3.63, 3.8) is 0 Å². The lowest BCUT2D eigenvalue weighted by Crippen LogP contribution is -2.04. The molecule has 0 saturated heterocycles. The van der Waals surface area contributed by atoms with Crippen LogP contribution in [-0.2, 0) is 5.75 Å². The standard InChI is InChI=1S/C14H14N6O3S/c1-8(2)20-14(16-18-19-20)24-6-12-15-13(17-23-12)9-3-4-10-11(5-9)22-7-21-10/h3-5,8H,6-7H2,1-2H3. The molecule has 0 radical (unpaired) electrons. The fourth-order valence-electron chi connectivity index (χ4n) is 2.20. The van der Waals surface area contributed by atoms with E-state index < -0.39 is 0 Å². The summed E-state index contributed by atoms with van der Waals surface area (Å²) in [6.07, 6.45) is 0. The highest BCUT2D eigenvalue weighted by Gasteiger charge is 2.17. The summed E-state index contributed by atoms with van der Waals surface area (Å²) in [4.78, 5) is 4.41. The zero-order valence-electron chi connectivity index (χ0n) is 13.0. The van der Waals surface area contributed by atoms with Crippen LogP contribution in [0.2, 0.25) is 0 Å². The summed E-state index contributed by atoms with van der Waals surface area (Å²) >= 11 is 1.45. The molecule has 0 unspecified atom stereocenters. The summed E-state index contributed by atoms with van der Waals surface area (Å²) in [6, 6.07) is 5.73. The van der Waals surface area contributed by atoms with Gasteiger partial charge in [-0.15, -0.1) is 5.10 Å². The summed E-state index contributed by atoms with van der Waals surface area (Å²) in [5.74, 6) is 2.91. The first kappa shape index (κ1) is 14.9. The molecule has 1 aliphatic heterocycles. The van der Waals surface area contributed by atoms with Gasteiger partial charge in [-0.1, -0.05) is 16.9 Å². The van der Waals surface area contributed by atoms with Crippen LogP contribution in [0.15, 0.2) is 27.9 Å². The van der Waals surface area contributed by atoms with Gasteiger partial charge in [0.15, 0.2) is 11.5 Å². The molecule has 0 spiro atoms. The Hall–Kier alpha value is -2.62. The molecule has 0 amide bonds. The van der Waals surface area contributed by atoms with Crippen LogP contribution in [0.4, 0.5) is 0 Å². The minimum atomic E-state index is 0.189. The third kappa shape index (κ3) is 2.80. The van der Waals surface area contributed by atoms with Crippen LogP contribution in [0, 0.1) is 0 Å². The zero-order chi connectivity index (χ0) is 16.5. The molecule has 0 fully saturated rings. The molecule has 10 heteroatoms. The number of hydrogen-bond acceptors (Lipinski definition) is 9. The van der Waals surface area contributed by atoms with Crippen molar-refractivity contribution in [2.24, 2.45) is 0 Å². The Morgan fingerprint density at radius 2 is 2.12 bits per heavy atom. The van der Waals surface area contributed by atoms with Crippen molar-refractivity contribution < 1.29 is 14.0 Å². The summed E-state index contributed by atoms with van der Waals surface area (Å²) in [6.45, 7) is 4.27. The number of tetrazole rings is 1. The van der Waals surface area contributed by atoms with E-state index in [4.69, 9.17) is 14.0 Å². The predicted octanol–water partition coefficient (Wildman–Crippen LogP) is 2.33. The molecule has 3 aromatic rings. The van der Waals surface area contributed by atoms with Crippen LogP contribution in [-0.4, -0.2) is 37.1 Å². The Kier molecular flexibility index (Phi) is 3.81. The molecule has 2 aromatic heterocycles. The maximum Gasteiger partial charge on any atom is 0.237 e. The highest BCUT2D eigenvalue weighted by molar-refractivity contribution is 7.98. The molecular weight excluding hydrogens is 332 g/mol. The Morgan fingerprint density at radius 1 is 1.25 bits per heavy atom. The summed E-state index contributed by atoms with van der Waals surface area (Å²) in [7, 11) is 0. The van der Waals surface area contributed by atoms with Crippen molar-refractivity contribution in [2.75, 3.05) is 6.79 Å². The first-order chi connectivity index (χ1) is 11.7. The van der Waals surface area contributed by atoms with Crippen LogP contribution in [0.25, 0.3) is 11.4 Å². The Morgan fingerprint density at radius 3 is 3.00 bits per heavy atom. The van der Waals surface area contributed by atoms with E-state index in [1.165, 1.54) is 11.8 Å². The van der Waals surface area contributed by atoms with E-state index in [1.54, 1.807) is 4.68 Å². The zero-order valence-corrected chi connectivity index (χ0v) is 13.9. The molecule has 1 aliphatic rings. The molecule has 0 saturated carbocycles. The Bertz CT molecular complexity index is 862. The van der Waals surface area contributed by atoms with E-state index in [0.29, 0.717) is 28.4 Å². The van der Waals surface area contributed by atoms with Crippen molar-refractivity contribution in [1.29, 1.82) is 0 Å². The smallest absolute Gasteiger partial charge is 0.237 e. The van der Waals surface area contributed by atoms with Gasteiger partial charge in [0.05, 0.1) is 11.8 Å². The molecule has 0 aliphatic carbocycles.